The molecule has 0 spiro atoms. The minimum atomic E-state index is -0.564. The standard InChI is InChI=1S/C19H21N3O4/c23-16(13-6-2-1-3-7-13)10-11-20-17(24)12-22-15-9-5-4-8-14(15)18(25)21-19(22)26/h1-3,6-7H,4-5,8-12H2,(H,20,24)(H,21,25,26). The molecule has 2 N–H and O–H groups in total. The number of ketones is 1. The highest BCUT2D eigenvalue weighted by Crippen LogP contribution is 2.16. The molecule has 1 aromatic heterocycles. The first-order valence-corrected chi connectivity index (χ1v) is 8.76. The number of hydrogen-bond donors (Lipinski definition) is 2. The van der Waals surface area contributed by atoms with Crippen LogP contribution in [0, 0.1) is 0 Å². The first kappa shape index (κ1) is 17.8. The molecule has 136 valence electrons. The van der Waals surface area contributed by atoms with Gasteiger partial charge in [-0.25, -0.2) is 4.79 Å². The van der Waals surface area contributed by atoms with Crippen LogP contribution < -0.4 is 16.6 Å². The van der Waals surface area contributed by atoms with Gasteiger partial charge in [-0.05, 0) is 25.7 Å². The lowest BCUT2D eigenvalue weighted by Gasteiger charge is -2.19. The van der Waals surface area contributed by atoms with Crippen molar-refractivity contribution >= 4 is 11.7 Å². The Morgan fingerprint density at radius 3 is 2.58 bits per heavy atom. The number of carbonyl (C=O) groups is 2. The molecule has 0 saturated heterocycles. The average molecular weight is 355 g/mol. The molecule has 26 heavy (non-hydrogen) atoms. The fourth-order valence-corrected chi connectivity index (χ4v) is 3.25. The van der Waals surface area contributed by atoms with Crippen molar-refractivity contribution in [2.24, 2.45) is 0 Å². The van der Waals surface area contributed by atoms with Crippen molar-refractivity contribution in [1.82, 2.24) is 14.9 Å². The number of Topliss-reactive ketones (excluding diaryl/α,β-unsaturated/α-hetero) is 1. The number of nitrogens with zero attached hydrogens (tertiary/aromatic N) is 1. The number of amides is 1. The van der Waals surface area contributed by atoms with Crippen molar-refractivity contribution in [3.63, 3.8) is 0 Å². The van der Waals surface area contributed by atoms with E-state index in [-0.39, 0.29) is 36.8 Å². The summed E-state index contributed by atoms with van der Waals surface area (Å²) in [4.78, 5) is 50.5. The highest BCUT2D eigenvalue weighted by atomic mass is 16.2. The van der Waals surface area contributed by atoms with E-state index in [0.29, 0.717) is 29.7 Å². The van der Waals surface area contributed by atoms with Crippen molar-refractivity contribution in [2.45, 2.75) is 38.6 Å². The van der Waals surface area contributed by atoms with Gasteiger partial charge in [0.25, 0.3) is 5.56 Å². The molecule has 7 nitrogen and oxygen atoms in total. The van der Waals surface area contributed by atoms with Gasteiger partial charge < -0.3 is 5.32 Å². The third kappa shape index (κ3) is 3.99. The smallest absolute Gasteiger partial charge is 0.329 e. The Labute approximate surface area is 150 Å². The largest absolute Gasteiger partial charge is 0.354 e. The molecule has 0 atom stereocenters. The van der Waals surface area contributed by atoms with E-state index in [4.69, 9.17) is 0 Å². The number of fused-ring (bicyclic) bond motifs is 1. The molecule has 1 aliphatic carbocycles. The van der Waals surface area contributed by atoms with Crippen LogP contribution in [0.3, 0.4) is 0 Å². The third-order valence-electron chi connectivity index (χ3n) is 4.58. The zero-order valence-electron chi connectivity index (χ0n) is 14.4. The minimum absolute atomic E-state index is 0.0514. The van der Waals surface area contributed by atoms with Crippen LogP contribution in [0.4, 0.5) is 0 Å². The molecule has 0 fully saturated rings. The van der Waals surface area contributed by atoms with E-state index in [2.05, 4.69) is 10.3 Å². The van der Waals surface area contributed by atoms with E-state index in [1.54, 1.807) is 24.3 Å². The average Bonchev–Trinajstić information content (AvgIpc) is 2.66. The molecule has 1 aromatic carbocycles. The minimum Gasteiger partial charge on any atom is -0.354 e. The number of rotatable bonds is 6. The van der Waals surface area contributed by atoms with Gasteiger partial charge >= 0.3 is 5.69 Å². The zero-order chi connectivity index (χ0) is 18.5. The molecule has 0 bridgehead atoms. The van der Waals surface area contributed by atoms with Crippen LogP contribution in [-0.2, 0) is 24.2 Å². The van der Waals surface area contributed by atoms with Crippen LogP contribution in [-0.4, -0.2) is 27.8 Å². The van der Waals surface area contributed by atoms with Crippen LogP contribution in [0.2, 0.25) is 0 Å². The van der Waals surface area contributed by atoms with Crippen LogP contribution in [0.5, 0.6) is 0 Å². The highest BCUT2D eigenvalue weighted by molar-refractivity contribution is 5.96. The predicted octanol–water partition coefficient (Wildman–Crippen LogP) is 0.805. The van der Waals surface area contributed by atoms with Crippen LogP contribution in [0.15, 0.2) is 39.9 Å². The topological polar surface area (TPSA) is 101 Å². The van der Waals surface area contributed by atoms with Crippen LogP contribution in [0.1, 0.15) is 40.9 Å². The maximum absolute atomic E-state index is 12.2. The van der Waals surface area contributed by atoms with Gasteiger partial charge in [0, 0.05) is 29.8 Å². The number of hydrogen-bond acceptors (Lipinski definition) is 4. The SMILES string of the molecule is O=C(Cn1c2c(c(=O)[nH]c1=O)CCCC2)NCCC(=O)c1ccccc1. The maximum atomic E-state index is 12.2. The molecule has 2 aromatic rings. The Morgan fingerprint density at radius 2 is 1.81 bits per heavy atom. The van der Waals surface area contributed by atoms with Crippen molar-refractivity contribution in [3.8, 4) is 0 Å². The summed E-state index contributed by atoms with van der Waals surface area (Å²) in [5, 5.41) is 2.67. The summed E-state index contributed by atoms with van der Waals surface area (Å²) in [6.07, 6.45) is 3.23. The third-order valence-corrected chi connectivity index (χ3v) is 4.58. The van der Waals surface area contributed by atoms with E-state index >= 15 is 0 Å². The highest BCUT2D eigenvalue weighted by Gasteiger charge is 2.19. The Balaban J connectivity index is 1.61. The molecule has 1 heterocycles. The van der Waals surface area contributed by atoms with Crippen molar-refractivity contribution in [1.29, 1.82) is 0 Å². The Hall–Kier alpha value is -2.96. The summed E-state index contributed by atoms with van der Waals surface area (Å²) < 4.78 is 1.34. The number of benzene rings is 1. The van der Waals surface area contributed by atoms with Crippen molar-refractivity contribution < 1.29 is 9.59 Å². The summed E-state index contributed by atoms with van der Waals surface area (Å²) in [5.74, 6) is -0.405. The lowest BCUT2D eigenvalue weighted by molar-refractivity contribution is -0.121. The van der Waals surface area contributed by atoms with E-state index in [0.717, 1.165) is 12.8 Å². The van der Waals surface area contributed by atoms with Crippen LogP contribution in [0.25, 0.3) is 0 Å². The summed E-state index contributed by atoms with van der Waals surface area (Å²) >= 11 is 0. The van der Waals surface area contributed by atoms with Crippen molar-refractivity contribution in [3.05, 3.63) is 68.0 Å². The molecule has 3 rings (SSSR count). The van der Waals surface area contributed by atoms with E-state index in [1.807, 2.05) is 6.07 Å². The molecule has 1 amide bonds. The van der Waals surface area contributed by atoms with E-state index in [9.17, 15) is 19.2 Å². The molecule has 0 unspecified atom stereocenters. The lowest BCUT2D eigenvalue weighted by Crippen LogP contribution is -2.40. The van der Waals surface area contributed by atoms with Gasteiger partial charge in [-0.1, -0.05) is 30.3 Å². The normalized spacial score (nSPS) is 13.1. The molecule has 0 aliphatic heterocycles. The summed E-state index contributed by atoms with van der Waals surface area (Å²) in [6, 6.07) is 8.88. The number of carbonyl (C=O) groups excluding carboxylic acids is 2. The second kappa shape index (κ2) is 7.95. The van der Waals surface area contributed by atoms with Crippen LogP contribution >= 0.6 is 0 Å². The number of nitrogens with one attached hydrogen (secondary N) is 2. The van der Waals surface area contributed by atoms with Gasteiger partial charge in [0.15, 0.2) is 5.78 Å². The predicted molar refractivity (Wildman–Crippen MR) is 96.4 cm³/mol. The molecular formula is C19H21N3O4. The van der Waals surface area contributed by atoms with Gasteiger partial charge in [-0.2, -0.15) is 0 Å². The Morgan fingerprint density at radius 1 is 1.08 bits per heavy atom. The summed E-state index contributed by atoms with van der Waals surface area (Å²) in [5.41, 5.74) is 0.942. The van der Waals surface area contributed by atoms with E-state index < -0.39 is 5.69 Å². The number of aromatic nitrogens is 2. The molecule has 0 radical (unpaired) electrons. The second-order valence-electron chi connectivity index (χ2n) is 6.37. The van der Waals surface area contributed by atoms with Gasteiger partial charge in [0.2, 0.25) is 5.91 Å². The quantitative estimate of drug-likeness (QED) is 0.749. The Bertz CT molecular complexity index is 928. The summed E-state index contributed by atoms with van der Waals surface area (Å²) in [7, 11) is 0. The zero-order valence-corrected chi connectivity index (χ0v) is 14.4. The van der Waals surface area contributed by atoms with Gasteiger partial charge in [-0.15, -0.1) is 0 Å². The fraction of sp³-hybridized carbons (Fsp3) is 0.368. The molecule has 7 heteroatoms. The molecule has 0 saturated carbocycles. The van der Waals surface area contributed by atoms with Crippen molar-refractivity contribution in [2.75, 3.05) is 6.54 Å². The first-order valence-electron chi connectivity index (χ1n) is 8.76. The van der Waals surface area contributed by atoms with Gasteiger partial charge in [0.05, 0.1) is 0 Å². The summed E-state index contributed by atoms with van der Waals surface area (Å²) in [6.45, 7) is 0.0460. The maximum Gasteiger partial charge on any atom is 0.329 e. The number of aromatic amines is 1. The van der Waals surface area contributed by atoms with Gasteiger partial charge in [-0.3, -0.25) is 23.9 Å². The monoisotopic (exact) mass is 355 g/mol. The van der Waals surface area contributed by atoms with E-state index in [1.165, 1.54) is 4.57 Å². The Kier molecular flexibility index (Phi) is 5.46. The van der Waals surface area contributed by atoms with Gasteiger partial charge in [0.1, 0.15) is 6.54 Å². The fourth-order valence-electron chi connectivity index (χ4n) is 3.25. The molecular weight excluding hydrogens is 334 g/mol. The molecule has 1 aliphatic rings. The second-order valence-corrected chi connectivity index (χ2v) is 6.37. The lowest BCUT2D eigenvalue weighted by atomic mass is 9.97. The number of H-pyrrole nitrogens is 1. The first-order chi connectivity index (χ1) is 12.6.